The molecule has 2 amide bonds. The van der Waals surface area contributed by atoms with Crippen molar-refractivity contribution in [2.24, 2.45) is 7.05 Å². The van der Waals surface area contributed by atoms with Crippen LogP contribution >= 0.6 is 11.6 Å². The molecule has 0 bridgehead atoms. The second-order valence-electron chi connectivity index (χ2n) is 7.40. The molecule has 0 spiro atoms. The fraction of sp³-hybridized carbons (Fsp3) is 0.286. The number of halogens is 1. The summed E-state index contributed by atoms with van der Waals surface area (Å²) >= 11 is 6.28. The molecule has 0 radical (unpaired) electrons. The third-order valence-electron chi connectivity index (χ3n) is 4.88. The highest BCUT2D eigenvalue weighted by Gasteiger charge is 2.19. The number of nitrogens with one attached hydrogen (secondary N) is 2. The largest absolute Gasteiger partial charge is 0.331 e. The molecule has 0 saturated heterocycles. The minimum Gasteiger partial charge on any atom is -0.324 e. The maximum atomic E-state index is 12.6. The van der Waals surface area contributed by atoms with Gasteiger partial charge < -0.3 is 10.6 Å². The van der Waals surface area contributed by atoms with E-state index < -0.39 is 23.2 Å². The Balaban J connectivity index is 1.67. The third kappa shape index (κ3) is 4.97. The summed E-state index contributed by atoms with van der Waals surface area (Å²) in [5, 5.41) is 9.95. The first-order valence-corrected chi connectivity index (χ1v) is 10.1. The molecule has 1 atom stereocenters. The van der Waals surface area contributed by atoms with Crippen molar-refractivity contribution < 1.29 is 9.59 Å². The van der Waals surface area contributed by atoms with Gasteiger partial charge in [-0.3, -0.25) is 28.2 Å². The molecule has 0 fully saturated rings. The van der Waals surface area contributed by atoms with Crippen LogP contribution in [-0.4, -0.2) is 30.7 Å². The molecule has 32 heavy (non-hydrogen) atoms. The molecule has 0 aliphatic rings. The minimum absolute atomic E-state index is 0.232. The molecule has 1 aromatic carbocycles. The lowest BCUT2D eigenvalue weighted by atomic mass is 10.2. The van der Waals surface area contributed by atoms with Gasteiger partial charge in [0, 0.05) is 30.7 Å². The first-order chi connectivity index (χ1) is 15.1. The molecule has 3 rings (SSSR count). The molecule has 168 valence electrons. The zero-order valence-corrected chi connectivity index (χ0v) is 18.8. The van der Waals surface area contributed by atoms with Crippen molar-refractivity contribution in [3.63, 3.8) is 0 Å². The molecule has 0 aliphatic carbocycles. The van der Waals surface area contributed by atoms with Gasteiger partial charge in [-0.15, -0.1) is 0 Å². The Morgan fingerprint density at radius 3 is 2.47 bits per heavy atom. The van der Waals surface area contributed by atoms with Gasteiger partial charge in [0.05, 0.1) is 16.4 Å². The Hall–Kier alpha value is -3.66. The SMILES string of the molecule is Cc1cc(C)n(C(C)C(=O)Nc2ccc(NC(=O)Cn3ccc(=O)n(C)c3=O)cc2Cl)n1. The van der Waals surface area contributed by atoms with E-state index >= 15 is 0 Å². The maximum Gasteiger partial charge on any atom is 0.331 e. The molecule has 0 saturated carbocycles. The molecule has 11 heteroatoms. The van der Waals surface area contributed by atoms with Gasteiger partial charge in [0.1, 0.15) is 12.6 Å². The van der Waals surface area contributed by atoms with Crippen LogP contribution in [0.4, 0.5) is 11.4 Å². The second-order valence-corrected chi connectivity index (χ2v) is 7.81. The monoisotopic (exact) mass is 458 g/mol. The van der Waals surface area contributed by atoms with Crippen LogP contribution in [0.15, 0.2) is 46.1 Å². The van der Waals surface area contributed by atoms with Crippen molar-refractivity contribution in [1.29, 1.82) is 0 Å². The first-order valence-electron chi connectivity index (χ1n) is 9.76. The number of rotatable bonds is 6. The Morgan fingerprint density at radius 1 is 1.12 bits per heavy atom. The van der Waals surface area contributed by atoms with Crippen LogP contribution in [0.1, 0.15) is 24.4 Å². The van der Waals surface area contributed by atoms with E-state index in [9.17, 15) is 19.2 Å². The van der Waals surface area contributed by atoms with Gasteiger partial charge >= 0.3 is 5.69 Å². The van der Waals surface area contributed by atoms with Gasteiger partial charge in [0.25, 0.3) is 5.56 Å². The van der Waals surface area contributed by atoms with Crippen LogP contribution < -0.4 is 21.9 Å². The summed E-state index contributed by atoms with van der Waals surface area (Å²) in [5.41, 5.74) is 1.41. The second kappa shape index (κ2) is 9.23. The number of benzene rings is 1. The summed E-state index contributed by atoms with van der Waals surface area (Å²) in [4.78, 5) is 48.4. The van der Waals surface area contributed by atoms with E-state index in [0.717, 1.165) is 20.5 Å². The summed E-state index contributed by atoms with van der Waals surface area (Å²) < 4.78 is 3.66. The topological polar surface area (TPSA) is 120 Å². The number of hydrogen-bond acceptors (Lipinski definition) is 5. The van der Waals surface area contributed by atoms with E-state index in [0.29, 0.717) is 11.4 Å². The smallest absolute Gasteiger partial charge is 0.324 e. The van der Waals surface area contributed by atoms with E-state index in [1.807, 2.05) is 19.9 Å². The van der Waals surface area contributed by atoms with Gasteiger partial charge in [0.15, 0.2) is 0 Å². The predicted molar refractivity (Wildman–Crippen MR) is 121 cm³/mol. The number of aromatic nitrogens is 4. The summed E-state index contributed by atoms with van der Waals surface area (Å²) in [5.74, 6) is -0.763. The number of nitrogens with zero attached hydrogens (tertiary/aromatic N) is 4. The number of anilines is 2. The number of carbonyl (C=O) groups excluding carboxylic acids is 2. The third-order valence-corrected chi connectivity index (χ3v) is 5.19. The summed E-state index contributed by atoms with van der Waals surface area (Å²) in [6.45, 7) is 5.19. The van der Waals surface area contributed by atoms with Crippen molar-refractivity contribution in [2.75, 3.05) is 10.6 Å². The van der Waals surface area contributed by atoms with Crippen LogP contribution in [-0.2, 0) is 23.2 Å². The molecule has 10 nitrogen and oxygen atoms in total. The van der Waals surface area contributed by atoms with Gasteiger partial charge in [-0.2, -0.15) is 5.10 Å². The highest BCUT2D eigenvalue weighted by atomic mass is 35.5. The van der Waals surface area contributed by atoms with Crippen molar-refractivity contribution >= 4 is 34.8 Å². The van der Waals surface area contributed by atoms with Crippen molar-refractivity contribution in [1.82, 2.24) is 18.9 Å². The molecule has 2 aromatic heterocycles. The first kappa shape index (κ1) is 23.0. The quantitative estimate of drug-likeness (QED) is 0.584. The standard InChI is InChI=1S/C21H23ClN6O4/c1-12-9-13(2)28(25-12)14(3)20(31)24-17-6-5-15(10-16(17)22)23-18(29)11-27-8-7-19(30)26(4)21(27)32/h5-10,14H,11H2,1-4H3,(H,23,29)(H,24,31). The summed E-state index contributed by atoms with van der Waals surface area (Å²) in [6.07, 6.45) is 1.26. The van der Waals surface area contributed by atoms with Crippen LogP contribution in [0.25, 0.3) is 0 Å². The van der Waals surface area contributed by atoms with Crippen LogP contribution in [0.5, 0.6) is 0 Å². The molecular weight excluding hydrogens is 436 g/mol. The van der Waals surface area contributed by atoms with E-state index in [4.69, 9.17) is 11.6 Å². The van der Waals surface area contributed by atoms with E-state index in [1.165, 1.54) is 25.4 Å². The lowest BCUT2D eigenvalue weighted by molar-refractivity contribution is -0.119. The van der Waals surface area contributed by atoms with Gasteiger partial charge in [-0.05, 0) is 45.0 Å². The molecule has 3 aromatic rings. The van der Waals surface area contributed by atoms with Crippen molar-refractivity contribution in [2.45, 2.75) is 33.4 Å². The van der Waals surface area contributed by atoms with Gasteiger partial charge in [-0.25, -0.2) is 4.79 Å². The number of amides is 2. The molecule has 0 aliphatic heterocycles. The average molecular weight is 459 g/mol. The zero-order chi connectivity index (χ0) is 23.6. The Kier molecular flexibility index (Phi) is 6.64. The van der Waals surface area contributed by atoms with Crippen molar-refractivity contribution in [3.05, 3.63) is 73.8 Å². The lowest BCUT2D eigenvalue weighted by Crippen LogP contribution is -2.38. The Bertz CT molecular complexity index is 1310. The maximum absolute atomic E-state index is 12.6. The summed E-state index contributed by atoms with van der Waals surface area (Å²) in [7, 11) is 1.33. The average Bonchev–Trinajstić information content (AvgIpc) is 3.07. The number of aryl methyl sites for hydroxylation is 2. The molecular formula is C21H23ClN6O4. The van der Waals surface area contributed by atoms with E-state index in [1.54, 1.807) is 23.7 Å². The lowest BCUT2D eigenvalue weighted by Gasteiger charge is -2.16. The van der Waals surface area contributed by atoms with E-state index in [-0.39, 0.29) is 17.5 Å². The van der Waals surface area contributed by atoms with Crippen LogP contribution in [0, 0.1) is 13.8 Å². The highest BCUT2D eigenvalue weighted by Crippen LogP contribution is 2.26. The number of hydrogen-bond donors (Lipinski definition) is 2. The Labute approximate surface area is 188 Å². The normalized spacial score (nSPS) is 11.8. The van der Waals surface area contributed by atoms with Gasteiger partial charge in [-0.1, -0.05) is 11.6 Å². The van der Waals surface area contributed by atoms with Gasteiger partial charge in [0.2, 0.25) is 11.8 Å². The molecule has 1 unspecified atom stereocenters. The molecule has 2 heterocycles. The minimum atomic E-state index is -0.597. The predicted octanol–water partition coefficient (Wildman–Crippen LogP) is 1.85. The fourth-order valence-electron chi connectivity index (χ4n) is 3.17. The Morgan fingerprint density at radius 2 is 1.84 bits per heavy atom. The number of carbonyl (C=O) groups is 2. The zero-order valence-electron chi connectivity index (χ0n) is 18.0. The van der Waals surface area contributed by atoms with Crippen LogP contribution in [0.2, 0.25) is 5.02 Å². The van der Waals surface area contributed by atoms with Crippen LogP contribution in [0.3, 0.4) is 0 Å². The summed E-state index contributed by atoms with van der Waals surface area (Å²) in [6, 6.07) is 7.19. The fourth-order valence-corrected chi connectivity index (χ4v) is 3.40. The van der Waals surface area contributed by atoms with Crippen molar-refractivity contribution in [3.8, 4) is 0 Å². The molecule has 2 N–H and O–H groups in total. The van der Waals surface area contributed by atoms with E-state index in [2.05, 4.69) is 15.7 Å². The highest BCUT2D eigenvalue weighted by molar-refractivity contribution is 6.34.